The minimum Gasteiger partial charge on any atom is -0.402 e. The van der Waals surface area contributed by atoms with E-state index in [1.165, 1.54) is 89.8 Å². The number of nitrogen functional groups attached to an aromatic ring is 1. The monoisotopic (exact) mass is 968 g/mol. The number of nitriles is 1. The van der Waals surface area contributed by atoms with Gasteiger partial charge in [0.2, 0.25) is 5.72 Å². The van der Waals surface area contributed by atoms with Gasteiger partial charge in [-0.2, -0.15) is 10.4 Å². The second kappa shape index (κ2) is 25.1. The summed E-state index contributed by atoms with van der Waals surface area (Å²) < 4.78 is 60.9. The molecule has 6 rings (SSSR count). The fourth-order valence-electron chi connectivity index (χ4n) is 8.64. The van der Waals surface area contributed by atoms with Crippen molar-refractivity contribution in [2.45, 2.75) is 172 Å². The zero-order valence-corrected chi connectivity index (χ0v) is 41.1. The maximum absolute atomic E-state index is 15.0. The highest BCUT2D eigenvalue weighted by Crippen LogP contribution is 2.56. The summed E-state index contributed by atoms with van der Waals surface area (Å²) in [5, 5.41) is 14.6. The van der Waals surface area contributed by atoms with Gasteiger partial charge in [-0.25, -0.2) is 14.1 Å². The summed E-state index contributed by atoms with van der Waals surface area (Å²) >= 11 is 12.9. The second-order valence-electron chi connectivity index (χ2n) is 17.8. The lowest BCUT2D eigenvalue weighted by Crippen LogP contribution is -2.45. The average molecular weight is 970 g/mol. The molecule has 14 nitrogen and oxygen atoms in total. The van der Waals surface area contributed by atoms with Gasteiger partial charge in [0.05, 0.1) is 41.7 Å². The summed E-state index contributed by atoms with van der Waals surface area (Å²) in [7, 11) is -4.55. The molecule has 0 amide bonds. The van der Waals surface area contributed by atoms with Crippen molar-refractivity contribution in [2.75, 3.05) is 18.9 Å². The van der Waals surface area contributed by atoms with Crippen LogP contribution in [0, 0.1) is 11.3 Å². The Balaban J connectivity index is 1.11. The second-order valence-corrected chi connectivity index (χ2v) is 20.2. The number of unbranched alkanes of at least 4 members (excludes halogenated alkanes) is 15. The van der Waals surface area contributed by atoms with Crippen LogP contribution in [0.1, 0.15) is 153 Å². The summed E-state index contributed by atoms with van der Waals surface area (Å²) in [6.07, 6.45) is 19.1. The van der Waals surface area contributed by atoms with Crippen LogP contribution in [-0.4, -0.2) is 64.4 Å². The quantitative estimate of drug-likeness (QED) is 0.0298. The Bertz CT molecular complexity index is 2260. The molecule has 0 spiro atoms. The third-order valence-corrected chi connectivity index (χ3v) is 14.0. The van der Waals surface area contributed by atoms with Crippen molar-refractivity contribution in [1.29, 1.82) is 5.26 Å². The first-order chi connectivity index (χ1) is 31.9. The van der Waals surface area contributed by atoms with E-state index in [9.17, 15) is 9.83 Å². The molecule has 2 aliphatic heterocycles. The van der Waals surface area contributed by atoms with E-state index >= 15 is 0 Å². The minimum atomic E-state index is -4.55. The number of hydrogen-bond donors (Lipinski definition) is 1. The van der Waals surface area contributed by atoms with Gasteiger partial charge in [0.1, 0.15) is 42.5 Å². The number of aromatic nitrogens is 3. The lowest BCUT2D eigenvalue weighted by Gasteiger charge is -2.32. The number of nitrogens with zero attached hydrogens (tertiary/aromatic N) is 5. The summed E-state index contributed by atoms with van der Waals surface area (Å²) in [5.74, 6) is -0.669. The van der Waals surface area contributed by atoms with E-state index in [0.717, 1.165) is 24.8 Å². The highest BCUT2D eigenvalue weighted by Gasteiger charge is 2.64. The van der Waals surface area contributed by atoms with Crippen LogP contribution in [0.3, 0.4) is 0 Å². The molecule has 4 heterocycles. The van der Waals surface area contributed by atoms with E-state index in [0.29, 0.717) is 28.2 Å². The Morgan fingerprint density at radius 2 is 1.58 bits per heavy atom. The molecule has 2 aliphatic rings. The standard InChI is InChI=1S/C49H67Cl2N6O8P/c1-5-6-7-8-9-10-11-12-13-14-15-16-17-18-19-20-23-39(59-32-37-28-36(31-52)29-38(50)30-37)33-60-66(58,65-43-25-22-21-24-40(43)51)61-34-49(54-4)46-45(62-48(2,3)64-46)44(63-49)41-26-27-42-47(53)55-35-56-57(41)42/h21-22,24-30,35,39,44-46H,4-20,23,32-34H2,1-3H3,(H2,53,55,56)/t39-,44+,45+,46+,49-,66?/m1/s1. The van der Waals surface area contributed by atoms with Gasteiger partial charge >= 0.3 is 7.82 Å². The third kappa shape index (κ3) is 14.5. The molecule has 2 saturated heterocycles. The van der Waals surface area contributed by atoms with Crippen LogP contribution in [0.4, 0.5) is 5.82 Å². The van der Waals surface area contributed by atoms with Gasteiger partial charge in [0, 0.05) is 5.02 Å². The van der Waals surface area contributed by atoms with E-state index in [2.05, 4.69) is 34.8 Å². The third-order valence-electron chi connectivity index (χ3n) is 12.1. The number of hydrogen-bond acceptors (Lipinski definition) is 13. The molecular formula is C49H67Cl2N6O8P. The molecule has 2 fully saturated rings. The normalized spacial score (nSPS) is 21.4. The fourth-order valence-corrected chi connectivity index (χ4v) is 10.4. The molecule has 17 heteroatoms. The number of phosphoric ester groups is 1. The lowest BCUT2D eigenvalue weighted by atomic mass is 10.0. The van der Waals surface area contributed by atoms with Crippen molar-refractivity contribution >= 4 is 49.1 Å². The number of aliphatic imine (C=N–C) groups is 1. The molecule has 6 atom stereocenters. The molecule has 2 N–H and O–H groups in total. The average Bonchev–Trinajstić information content (AvgIpc) is 3.97. The number of nitrogens with two attached hydrogens (primary N) is 1. The molecule has 360 valence electrons. The predicted molar refractivity (Wildman–Crippen MR) is 258 cm³/mol. The number of halogens is 2. The SMILES string of the molecule is C=N[C@]1(COP(=O)(OC[C@@H](CCCCCCCCCCCCCCCCCC)OCc2cc(Cl)cc(C#N)c2)Oc2ccccc2Cl)O[C@@H](c2ccc3c(N)ncnn23)[C@@H]2OC(C)(C)O[C@@H]21. The maximum Gasteiger partial charge on any atom is 0.530 e. The van der Waals surface area contributed by atoms with Gasteiger partial charge in [-0.15, -0.1) is 0 Å². The number of fused-ring (bicyclic) bond motifs is 2. The van der Waals surface area contributed by atoms with Gasteiger partial charge < -0.3 is 29.2 Å². The Morgan fingerprint density at radius 3 is 2.23 bits per heavy atom. The first-order valence-electron chi connectivity index (χ1n) is 23.6. The van der Waals surface area contributed by atoms with Gasteiger partial charge in [0.25, 0.3) is 0 Å². The molecule has 4 aromatic rings. The van der Waals surface area contributed by atoms with Crippen LogP contribution in [0.15, 0.2) is 65.9 Å². The van der Waals surface area contributed by atoms with Crippen molar-refractivity contribution in [3.63, 3.8) is 0 Å². The molecule has 0 bridgehead atoms. The van der Waals surface area contributed by atoms with E-state index in [4.69, 9.17) is 61.5 Å². The predicted octanol–water partition coefficient (Wildman–Crippen LogP) is 12.9. The minimum absolute atomic E-state index is 0.0861. The van der Waals surface area contributed by atoms with Crippen molar-refractivity contribution in [3.05, 3.63) is 87.8 Å². The van der Waals surface area contributed by atoms with Gasteiger partial charge in [-0.05, 0) is 75.0 Å². The molecule has 2 aromatic carbocycles. The number of benzene rings is 2. The Labute approximate surface area is 400 Å². The largest absolute Gasteiger partial charge is 0.530 e. The summed E-state index contributed by atoms with van der Waals surface area (Å²) in [6, 6.07) is 17.4. The molecule has 2 aromatic heterocycles. The van der Waals surface area contributed by atoms with Crippen LogP contribution in [0.2, 0.25) is 10.0 Å². The molecule has 0 radical (unpaired) electrons. The first kappa shape index (κ1) is 51.8. The maximum atomic E-state index is 15.0. The lowest BCUT2D eigenvalue weighted by molar-refractivity contribution is -0.214. The Morgan fingerprint density at radius 1 is 0.909 bits per heavy atom. The van der Waals surface area contributed by atoms with Gasteiger partial charge in [0.15, 0.2) is 11.6 Å². The zero-order chi connectivity index (χ0) is 47.0. The molecule has 66 heavy (non-hydrogen) atoms. The van der Waals surface area contributed by atoms with E-state index < -0.39 is 50.4 Å². The Kier molecular flexibility index (Phi) is 19.7. The van der Waals surface area contributed by atoms with Crippen molar-refractivity contribution in [3.8, 4) is 11.8 Å². The van der Waals surface area contributed by atoms with Crippen LogP contribution in [0.5, 0.6) is 5.75 Å². The molecule has 0 saturated carbocycles. The zero-order valence-electron chi connectivity index (χ0n) is 38.7. The van der Waals surface area contributed by atoms with Gasteiger partial charge in [-0.3, -0.25) is 14.0 Å². The van der Waals surface area contributed by atoms with Crippen LogP contribution in [-0.2, 0) is 39.2 Å². The Hall–Kier alpha value is -3.61. The fraction of sp³-hybridized carbons (Fsp3) is 0.592. The number of para-hydroxylation sites is 1. The van der Waals surface area contributed by atoms with E-state index in [1.54, 1.807) is 66.9 Å². The summed E-state index contributed by atoms with van der Waals surface area (Å²) in [5.41, 5.74) is 6.82. The van der Waals surface area contributed by atoms with Crippen LogP contribution in [0.25, 0.3) is 5.52 Å². The number of ether oxygens (including phenoxy) is 4. The van der Waals surface area contributed by atoms with Crippen molar-refractivity contribution < 1.29 is 37.1 Å². The summed E-state index contributed by atoms with van der Waals surface area (Å²) in [6.45, 7) is 9.20. The number of anilines is 1. The van der Waals surface area contributed by atoms with E-state index in [-0.39, 0.29) is 29.8 Å². The molecule has 1 unspecified atom stereocenters. The van der Waals surface area contributed by atoms with Crippen molar-refractivity contribution in [2.24, 2.45) is 4.99 Å². The first-order valence-corrected chi connectivity index (χ1v) is 25.8. The number of phosphoric acid groups is 1. The van der Waals surface area contributed by atoms with Crippen molar-refractivity contribution in [1.82, 2.24) is 14.6 Å². The summed E-state index contributed by atoms with van der Waals surface area (Å²) in [4.78, 5) is 8.52. The van der Waals surface area contributed by atoms with E-state index in [1.807, 2.05) is 6.07 Å². The van der Waals surface area contributed by atoms with Crippen LogP contribution < -0.4 is 10.3 Å². The number of rotatable bonds is 30. The highest BCUT2D eigenvalue weighted by atomic mass is 35.5. The van der Waals surface area contributed by atoms with Gasteiger partial charge in [-0.1, -0.05) is 145 Å². The molecule has 0 aliphatic carbocycles. The topological polar surface area (TPSA) is 174 Å². The van der Waals surface area contributed by atoms with Crippen LogP contribution >= 0.6 is 31.0 Å². The molecular weight excluding hydrogens is 902 g/mol. The highest BCUT2D eigenvalue weighted by molar-refractivity contribution is 7.49. The smallest absolute Gasteiger partial charge is 0.402 e.